The Hall–Kier alpha value is -1.82. The molecule has 2 heterocycles. The van der Waals surface area contributed by atoms with Crippen LogP contribution in [0.4, 0.5) is 0 Å². The van der Waals surface area contributed by atoms with E-state index in [2.05, 4.69) is 16.0 Å². The van der Waals surface area contributed by atoms with E-state index in [-0.39, 0.29) is 23.1 Å². The molecule has 1 unspecified atom stereocenters. The van der Waals surface area contributed by atoms with Crippen molar-refractivity contribution in [1.82, 2.24) is 16.0 Å². The van der Waals surface area contributed by atoms with E-state index in [4.69, 9.17) is 4.42 Å². The molecule has 0 bridgehead atoms. The van der Waals surface area contributed by atoms with Crippen molar-refractivity contribution in [3.05, 3.63) is 23.7 Å². The second-order valence-corrected chi connectivity index (χ2v) is 6.70. The Morgan fingerprint density at radius 1 is 1.30 bits per heavy atom. The molecular weight excluding hydrogens is 294 g/mol. The quantitative estimate of drug-likeness (QED) is 0.688. The number of hydrogen-bond donors (Lipinski definition) is 3. The van der Waals surface area contributed by atoms with Gasteiger partial charge in [-0.25, -0.2) is 0 Å². The van der Waals surface area contributed by atoms with Gasteiger partial charge < -0.3 is 20.4 Å². The molecule has 2 fully saturated rings. The predicted octanol–water partition coefficient (Wildman–Crippen LogP) is 1.21. The first-order chi connectivity index (χ1) is 11.1. The van der Waals surface area contributed by atoms with Gasteiger partial charge in [-0.2, -0.15) is 0 Å². The summed E-state index contributed by atoms with van der Waals surface area (Å²) in [6.07, 6.45) is 5.50. The van der Waals surface area contributed by atoms with Crippen LogP contribution in [-0.2, 0) is 4.79 Å². The number of piperidine rings is 1. The summed E-state index contributed by atoms with van der Waals surface area (Å²) in [4.78, 5) is 24.0. The van der Waals surface area contributed by atoms with Gasteiger partial charge in [-0.3, -0.25) is 9.59 Å². The number of hydrogen-bond acceptors (Lipinski definition) is 4. The average Bonchev–Trinajstić information content (AvgIpc) is 3.05. The monoisotopic (exact) mass is 319 g/mol. The highest BCUT2D eigenvalue weighted by Gasteiger charge is 2.57. The van der Waals surface area contributed by atoms with Crippen LogP contribution < -0.4 is 16.0 Å². The fourth-order valence-electron chi connectivity index (χ4n) is 3.51. The minimum Gasteiger partial charge on any atom is -0.459 e. The van der Waals surface area contributed by atoms with Crippen LogP contribution in [0.2, 0.25) is 0 Å². The molecule has 23 heavy (non-hydrogen) atoms. The van der Waals surface area contributed by atoms with Crippen molar-refractivity contribution in [1.29, 1.82) is 0 Å². The maximum absolute atomic E-state index is 12.2. The minimum absolute atomic E-state index is 0.181. The largest absolute Gasteiger partial charge is 0.459 e. The van der Waals surface area contributed by atoms with Crippen LogP contribution >= 0.6 is 0 Å². The van der Waals surface area contributed by atoms with E-state index in [0.29, 0.717) is 18.8 Å². The number of amides is 2. The molecule has 6 nitrogen and oxygen atoms in total. The first-order valence-corrected chi connectivity index (χ1v) is 8.43. The second-order valence-electron chi connectivity index (χ2n) is 6.70. The highest BCUT2D eigenvalue weighted by Crippen LogP contribution is 2.58. The van der Waals surface area contributed by atoms with Gasteiger partial charge >= 0.3 is 0 Å². The van der Waals surface area contributed by atoms with Gasteiger partial charge in [0.2, 0.25) is 5.91 Å². The fraction of sp³-hybridized carbons (Fsp3) is 0.647. The van der Waals surface area contributed by atoms with Crippen molar-refractivity contribution in [3.8, 4) is 0 Å². The van der Waals surface area contributed by atoms with Crippen molar-refractivity contribution in [2.24, 2.45) is 11.3 Å². The third-order valence-electron chi connectivity index (χ3n) is 5.11. The summed E-state index contributed by atoms with van der Waals surface area (Å²) in [7, 11) is 0. The summed E-state index contributed by atoms with van der Waals surface area (Å²) in [5.41, 5.74) is 1.11. The molecule has 0 aromatic carbocycles. The Morgan fingerprint density at radius 2 is 2.04 bits per heavy atom. The van der Waals surface area contributed by atoms with Crippen LogP contribution in [0.5, 0.6) is 0 Å². The number of furan rings is 1. The van der Waals surface area contributed by atoms with E-state index < -0.39 is 0 Å². The lowest BCUT2D eigenvalue weighted by atomic mass is 9.92. The standard InChI is InChI=1S/C17H25N3O3/c1-12-3-10-23-14(12)16(22)20-7-2-6-19-15(21)13-11-17(13)4-8-18-9-5-17/h3,10,13,18H,2,4-9,11H2,1H3,(H,19,21)(H,20,22). The van der Waals surface area contributed by atoms with Crippen LogP contribution in [0.1, 0.15) is 41.8 Å². The Kier molecular flexibility index (Phi) is 4.71. The Labute approximate surface area is 136 Å². The first-order valence-electron chi connectivity index (χ1n) is 8.43. The van der Waals surface area contributed by atoms with Gasteiger partial charge in [-0.1, -0.05) is 0 Å². The normalized spacial score (nSPS) is 21.9. The zero-order chi connectivity index (χ0) is 16.3. The molecule has 126 valence electrons. The molecule has 1 saturated carbocycles. The zero-order valence-electron chi connectivity index (χ0n) is 13.6. The van der Waals surface area contributed by atoms with Crippen LogP contribution in [0.15, 0.2) is 16.7 Å². The number of carbonyl (C=O) groups is 2. The molecule has 2 aliphatic rings. The number of nitrogens with one attached hydrogen (secondary N) is 3. The molecule has 1 aliphatic carbocycles. The van der Waals surface area contributed by atoms with E-state index in [9.17, 15) is 9.59 Å². The third kappa shape index (κ3) is 3.58. The summed E-state index contributed by atoms with van der Waals surface area (Å²) in [6, 6.07) is 1.77. The van der Waals surface area contributed by atoms with Gasteiger partial charge in [0.1, 0.15) is 0 Å². The van der Waals surface area contributed by atoms with E-state index in [1.165, 1.54) is 6.26 Å². The summed E-state index contributed by atoms with van der Waals surface area (Å²) < 4.78 is 5.14. The maximum Gasteiger partial charge on any atom is 0.287 e. The SMILES string of the molecule is Cc1ccoc1C(=O)NCCCNC(=O)C1CC12CCNCC2. The first kappa shape index (κ1) is 16.1. The van der Waals surface area contributed by atoms with Crippen molar-refractivity contribution in [2.45, 2.75) is 32.6 Å². The van der Waals surface area contributed by atoms with Crippen molar-refractivity contribution in [3.63, 3.8) is 0 Å². The lowest BCUT2D eigenvalue weighted by Gasteiger charge is -2.23. The molecule has 0 radical (unpaired) electrons. The van der Waals surface area contributed by atoms with E-state index in [1.807, 2.05) is 6.92 Å². The molecule has 3 rings (SSSR count). The van der Waals surface area contributed by atoms with E-state index >= 15 is 0 Å². The summed E-state index contributed by atoms with van der Waals surface area (Å²) in [6.45, 7) is 5.02. The number of carbonyl (C=O) groups excluding carboxylic acids is 2. The summed E-state index contributed by atoms with van der Waals surface area (Å²) in [5.74, 6) is 0.541. The molecular formula is C17H25N3O3. The predicted molar refractivity (Wildman–Crippen MR) is 86.0 cm³/mol. The molecule has 1 aliphatic heterocycles. The smallest absolute Gasteiger partial charge is 0.287 e. The molecule has 1 aromatic heterocycles. The lowest BCUT2D eigenvalue weighted by molar-refractivity contribution is -0.123. The Morgan fingerprint density at radius 3 is 2.74 bits per heavy atom. The highest BCUT2D eigenvalue weighted by molar-refractivity contribution is 5.92. The molecule has 2 amide bonds. The zero-order valence-corrected chi connectivity index (χ0v) is 13.6. The van der Waals surface area contributed by atoms with Gasteiger partial charge in [0.05, 0.1) is 6.26 Å². The molecule has 1 spiro atoms. The van der Waals surface area contributed by atoms with E-state index in [1.54, 1.807) is 6.07 Å². The van der Waals surface area contributed by atoms with E-state index in [0.717, 1.165) is 44.3 Å². The maximum atomic E-state index is 12.2. The summed E-state index contributed by atoms with van der Waals surface area (Å²) >= 11 is 0. The van der Waals surface area contributed by atoms with Gasteiger partial charge in [0.15, 0.2) is 5.76 Å². The van der Waals surface area contributed by atoms with Crippen LogP contribution in [0, 0.1) is 18.3 Å². The van der Waals surface area contributed by atoms with Gasteiger partial charge in [-0.15, -0.1) is 0 Å². The van der Waals surface area contributed by atoms with Gasteiger partial charge in [-0.05, 0) is 57.2 Å². The Balaban J connectivity index is 1.31. The molecule has 1 aromatic rings. The fourth-order valence-corrected chi connectivity index (χ4v) is 3.51. The third-order valence-corrected chi connectivity index (χ3v) is 5.11. The van der Waals surface area contributed by atoms with Crippen LogP contribution in [-0.4, -0.2) is 38.0 Å². The van der Waals surface area contributed by atoms with Crippen LogP contribution in [0.3, 0.4) is 0 Å². The highest BCUT2D eigenvalue weighted by atomic mass is 16.3. The van der Waals surface area contributed by atoms with Crippen molar-refractivity contribution >= 4 is 11.8 Å². The molecule has 1 atom stereocenters. The average molecular weight is 319 g/mol. The minimum atomic E-state index is -0.199. The molecule has 3 N–H and O–H groups in total. The second kappa shape index (κ2) is 6.74. The number of aryl methyl sites for hydroxylation is 1. The van der Waals surface area contributed by atoms with Gasteiger partial charge in [0.25, 0.3) is 5.91 Å². The summed E-state index contributed by atoms with van der Waals surface area (Å²) in [5, 5.41) is 9.16. The number of rotatable bonds is 6. The molecule has 6 heteroatoms. The van der Waals surface area contributed by atoms with Crippen molar-refractivity contribution in [2.75, 3.05) is 26.2 Å². The Bertz CT molecular complexity index is 575. The van der Waals surface area contributed by atoms with Crippen molar-refractivity contribution < 1.29 is 14.0 Å². The topological polar surface area (TPSA) is 83.4 Å². The molecule has 1 saturated heterocycles. The lowest BCUT2D eigenvalue weighted by Crippen LogP contribution is -2.34. The van der Waals surface area contributed by atoms with Gasteiger partial charge in [0, 0.05) is 24.6 Å². The van der Waals surface area contributed by atoms with Crippen LogP contribution in [0.25, 0.3) is 0 Å².